The van der Waals surface area contributed by atoms with Gasteiger partial charge in [0.2, 0.25) is 5.91 Å². The van der Waals surface area contributed by atoms with Gasteiger partial charge in [0.05, 0.1) is 5.92 Å². The van der Waals surface area contributed by atoms with Gasteiger partial charge in [0, 0.05) is 31.4 Å². The van der Waals surface area contributed by atoms with Gasteiger partial charge in [0.25, 0.3) is 5.91 Å². The van der Waals surface area contributed by atoms with Gasteiger partial charge in [-0.25, -0.2) is 0 Å². The van der Waals surface area contributed by atoms with Gasteiger partial charge < -0.3 is 16.0 Å². The van der Waals surface area contributed by atoms with Crippen molar-refractivity contribution in [3.05, 3.63) is 65.2 Å². The Bertz CT molecular complexity index is 763. The van der Waals surface area contributed by atoms with Crippen molar-refractivity contribution in [2.75, 3.05) is 19.4 Å². The number of anilines is 1. The number of carbonyl (C=O) groups is 2. The standard InChI is InChI=1S/C20H25N3O2.ClH/c1-13-10-11-16(12-17(13)20(25)23(3)4)22-19(24)14(2)18(21)15-8-6-5-7-9-15;/h5-12,14,18H,21H2,1-4H3,(H,22,24);1H. The molecular weight excluding hydrogens is 350 g/mol. The van der Waals surface area contributed by atoms with E-state index in [9.17, 15) is 9.59 Å². The Hall–Kier alpha value is -2.37. The molecule has 0 aromatic heterocycles. The number of nitrogens with one attached hydrogen (secondary N) is 1. The Balaban J connectivity index is 0.00000338. The second-order valence-corrected chi connectivity index (χ2v) is 6.44. The third-order valence-electron chi connectivity index (χ3n) is 4.28. The first-order chi connectivity index (χ1) is 11.8. The van der Waals surface area contributed by atoms with E-state index in [4.69, 9.17) is 5.73 Å². The molecule has 0 saturated heterocycles. The quantitative estimate of drug-likeness (QED) is 0.841. The van der Waals surface area contributed by atoms with E-state index in [0.717, 1.165) is 11.1 Å². The number of hydrogen-bond donors (Lipinski definition) is 2. The zero-order valence-corrected chi connectivity index (χ0v) is 16.3. The lowest BCUT2D eigenvalue weighted by atomic mass is 9.94. The van der Waals surface area contributed by atoms with Crippen LogP contribution in [0.3, 0.4) is 0 Å². The van der Waals surface area contributed by atoms with Gasteiger partial charge in [0.1, 0.15) is 0 Å². The number of nitrogens with two attached hydrogens (primary N) is 1. The average molecular weight is 376 g/mol. The topological polar surface area (TPSA) is 75.4 Å². The van der Waals surface area contributed by atoms with Crippen LogP contribution >= 0.6 is 12.4 Å². The minimum atomic E-state index is -0.406. The van der Waals surface area contributed by atoms with Crippen molar-refractivity contribution in [2.45, 2.75) is 19.9 Å². The fourth-order valence-electron chi connectivity index (χ4n) is 2.55. The van der Waals surface area contributed by atoms with Crippen LogP contribution in [0.2, 0.25) is 0 Å². The van der Waals surface area contributed by atoms with Gasteiger partial charge >= 0.3 is 0 Å². The maximum atomic E-state index is 12.5. The number of aryl methyl sites for hydroxylation is 1. The number of hydrogen-bond acceptors (Lipinski definition) is 3. The maximum Gasteiger partial charge on any atom is 0.253 e. The molecule has 0 aliphatic carbocycles. The van der Waals surface area contributed by atoms with E-state index < -0.39 is 12.0 Å². The van der Waals surface area contributed by atoms with Crippen LogP contribution in [0.5, 0.6) is 0 Å². The van der Waals surface area contributed by atoms with Gasteiger partial charge in [-0.05, 0) is 30.2 Å². The first-order valence-electron chi connectivity index (χ1n) is 8.25. The number of carbonyl (C=O) groups excluding carboxylic acids is 2. The second-order valence-electron chi connectivity index (χ2n) is 6.44. The summed E-state index contributed by atoms with van der Waals surface area (Å²) in [6.45, 7) is 3.67. The van der Waals surface area contributed by atoms with Crippen molar-refractivity contribution >= 4 is 29.9 Å². The lowest BCUT2D eigenvalue weighted by Crippen LogP contribution is -2.30. The van der Waals surface area contributed by atoms with E-state index in [1.54, 1.807) is 33.2 Å². The number of rotatable bonds is 5. The molecule has 0 spiro atoms. The van der Waals surface area contributed by atoms with Crippen molar-refractivity contribution in [1.29, 1.82) is 0 Å². The molecule has 2 aromatic carbocycles. The van der Waals surface area contributed by atoms with E-state index in [1.165, 1.54) is 4.90 Å². The molecule has 0 radical (unpaired) electrons. The zero-order valence-electron chi connectivity index (χ0n) is 15.5. The molecule has 2 amide bonds. The molecule has 6 heteroatoms. The first-order valence-corrected chi connectivity index (χ1v) is 8.25. The van der Waals surface area contributed by atoms with Gasteiger partial charge in [-0.2, -0.15) is 0 Å². The number of amides is 2. The summed E-state index contributed by atoms with van der Waals surface area (Å²) in [5.74, 6) is -0.678. The largest absolute Gasteiger partial charge is 0.345 e. The fraction of sp³-hybridized carbons (Fsp3) is 0.300. The molecule has 0 heterocycles. The maximum absolute atomic E-state index is 12.5. The predicted octanol–water partition coefficient (Wildman–Crippen LogP) is 3.39. The SMILES string of the molecule is Cc1ccc(NC(=O)C(C)C(N)c2ccccc2)cc1C(=O)N(C)C.Cl. The van der Waals surface area contributed by atoms with Gasteiger partial charge in [-0.15, -0.1) is 12.4 Å². The normalized spacial score (nSPS) is 12.5. The molecule has 5 nitrogen and oxygen atoms in total. The van der Waals surface area contributed by atoms with E-state index in [2.05, 4.69) is 5.32 Å². The minimum Gasteiger partial charge on any atom is -0.345 e. The Morgan fingerprint density at radius 3 is 2.27 bits per heavy atom. The summed E-state index contributed by atoms with van der Waals surface area (Å²) in [5.41, 5.74) is 9.16. The van der Waals surface area contributed by atoms with Crippen LogP contribution in [0.25, 0.3) is 0 Å². The van der Waals surface area contributed by atoms with E-state index in [-0.39, 0.29) is 24.2 Å². The van der Waals surface area contributed by atoms with Crippen LogP contribution in [0.1, 0.15) is 34.5 Å². The summed E-state index contributed by atoms with van der Waals surface area (Å²) in [4.78, 5) is 26.3. The molecule has 0 aliphatic rings. The molecule has 3 N–H and O–H groups in total. The van der Waals surface area contributed by atoms with Crippen molar-refractivity contribution in [2.24, 2.45) is 11.7 Å². The van der Waals surface area contributed by atoms with Crippen molar-refractivity contribution in [3.63, 3.8) is 0 Å². The molecule has 0 bridgehead atoms. The van der Waals surface area contributed by atoms with Crippen molar-refractivity contribution in [3.8, 4) is 0 Å². The van der Waals surface area contributed by atoms with Crippen LogP contribution < -0.4 is 11.1 Å². The Morgan fingerprint density at radius 2 is 1.69 bits per heavy atom. The zero-order chi connectivity index (χ0) is 18.6. The molecule has 2 atom stereocenters. The van der Waals surface area contributed by atoms with E-state index in [0.29, 0.717) is 11.3 Å². The highest BCUT2D eigenvalue weighted by molar-refractivity contribution is 5.98. The summed E-state index contributed by atoms with van der Waals surface area (Å²) >= 11 is 0. The molecule has 2 unspecified atom stereocenters. The van der Waals surface area contributed by atoms with E-state index in [1.807, 2.05) is 43.3 Å². The summed E-state index contributed by atoms with van der Waals surface area (Å²) in [7, 11) is 3.40. The second kappa shape index (κ2) is 9.36. The third kappa shape index (κ3) is 5.07. The third-order valence-corrected chi connectivity index (χ3v) is 4.28. The molecule has 2 aromatic rings. The van der Waals surface area contributed by atoms with Crippen LogP contribution in [-0.2, 0) is 4.79 Å². The van der Waals surface area contributed by atoms with Gasteiger partial charge in [-0.3, -0.25) is 9.59 Å². The highest BCUT2D eigenvalue weighted by Crippen LogP contribution is 2.22. The molecule has 0 saturated carbocycles. The highest BCUT2D eigenvalue weighted by atomic mass is 35.5. The first kappa shape index (κ1) is 21.7. The molecule has 140 valence electrons. The molecule has 2 rings (SSSR count). The molecular formula is C20H26ClN3O2. The summed E-state index contributed by atoms with van der Waals surface area (Å²) < 4.78 is 0. The van der Waals surface area contributed by atoms with Gasteiger partial charge in [0.15, 0.2) is 0 Å². The van der Waals surface area contributed by atoms with Crippen LogP contribution in [0.4, 0.5) is 5.69 Å². The van der Waals surface area contributed by atoms with Crippen LogP contribution in [-0.4, -0.2) is 30.8 Å². The fourth-order valence-corrected chi connectivity index (χ4v) is 2.55. The number of benzene rings is 2. The summed E-state index contributed by atoms with van der Waals surface area (Å²) in [6.07, 6.45) is 0. The number of nitrogens with zero attached hydrogens (tertiary/aromatic N) is 1. The van der Waals surface area contributed by atoms with E-state index >= 15 is 0 Å². The average Bonchev–Trinajstić information content (AvgIpc) is 2.62. The molecule has 0 aliphatic heterocycles. The molecule has 0 fully saturated rings. The predicted molar refractivity (Wildman–Crippen MR) is 108 cm³/mol. The van der Waals surface area contributed by atoms with Crippen molar-refractivity contribution in [1.82, 2.24) is 4.90 Å². The monoisotopic (exact) mass is 375 g/mol. The lowest BCUT2D eigenvalue weighted by Gasteiger charge is -2.20. The van der Waals surface area contributed by atoms with Crippen molar-refractivity contribution < 1.29 is 9.59 Å². The Labute approximate surface area is 161 Å². The minimum absolute atomic E-state index is 0. The Kier molecular flexibility index (Phi) is 7.80. The Morgan fingerprint density at radius 1 is 1.08 bits per heavy atom. The smallest absolute Gasteiger partial charge is 0.253 e. The summed E-state index contributed by atoms with van der Waals surface area (Å²) in [6, 6.07) is 14.5. The lowest BCUT2D eigenvalue weighted by molar-refractivity contribution is -0.120. The van der Waals surface area contributed by atoms with Crippen LogP contribution in [0, 0.1) is 12.8 Å². The van der Waals surface area contributed by atoms with Gasteiger partial charge in [-0.1, -0.05) is 43.3 Å². The highest BCUT2D eigenvalue weighted by Gasteiger charge is 2.22. The van der Waals surface area contributed by atoms with Crippen LogP contribution in [0.15, 0.2) is 48.5 Å². The number of halogens is 1. The molecule has 26 heavy (non-hydrogen) atoms. The summed E-state index contributed by atoms with van der Waals surface area (Å²) in [5, 5.41) is 2.86.